The number of benzene rings is 2. The zero-order valence-electron chi connectivity index (χ0n) is 16.7. The van der Waals surface area contributed by atoms with E-state index in [4.69, 9.17) is 22.1 Å². The number of hydrogen-bond acceptors (Lipinski definition) is 6. The Balaban J connectivity index is 1.69. The summed E-state index contributed by atoms with van der Waals surface area (Å²) in [7, 11) is 0. The van der Waals surface area contributed by atoms with Crippen LogP contribution in [0.2, 0.25) is 0 Å². The highest BCUT2D eigenvalue weighted by Crippen LogP contribution is 2.35. The Hall–Kier alpha value is -3.42. The Labute approximate surface area is 185 Å². The fourth-order valence-corrected chi connectivity index (χ4v) is 3.16. The van der Waals surface area contributed by atoms with E-state index < -0.39 is 0 Å². The van der Waals surface area contributed by atoms with Gasteiger partial charge in [0.2, 0.25) is 5.91 Å². The van der Waals surface area contributed by atoms with E-state index in [1.54, 1.807) is 30.4 Å². The highest BCUT2D eigenvalue weighted by molar-refractivity contribution is 6.52. The van der Waals surface area contributed by atoms with Crippen molar-refractivity contribution in [3.05, 3.63) is 71.3 Å². The molecule has 160 valence electrons. The molecule has 0 atom stereocenters. The molecule has 3 rings (SSSR count). The maximum absolute atomic E-state index is 11.7. The van der Waals surface area contributed by atoms with Crippen LogP contribution in [0, 0.1) is 5.41 Å². The van der Waals surface area contributed by atoms with E-state index in [9.17, 15) is 9.90 Å². The van der Waals surface area contributed by atoms with Crippen molar-refractivity contribution in [1.29, 1.82) is 5.41 Å². The lowest BCUT2D eigenvalue weighted by Crippen LogP contribution is -2.26. The highest BCUT2D eigenvalue weighted by atomic mass is 35.5. The number of rotatable bonds is 8. The lowest BCUT2D eigenvalue weighted by Gasteiger charge is -2.11. The molecule has 31 heavy (non-hydrogen) atoms. The molecular formula is C23H23ClN4O3. The average molecular weight is 439 g/mol. The molecule has 0 spiro atoms. The molecule has 0 radical (unpaired) electrons. The number of aliphatic hydroxyl groups is 1. The number of nitrogens with one attached hydrogen (secondary N) is 3. The highest BCUT2D eigenvalue weighted by Gasteiger charge is 2.11. The van der Waals surface area contributed by atoms with E-state index in [0.29, 0.717) is 34.8 Å². The van der Waals surface area contributed by atoms with E-state index in [-0.39, 0.29) is 30.5 Å². The molecule has 1 aliphatic carbocycles. The molecule has 0 saturated carbocycles. The van der Waals surface area contributed by atoms with Gasteiger partial charge in [0.05, 0.1) is 18.0 Å². The monoisotopic (exact) mass is 438 g/mol. The van der Waals surface area contributed by atoms with Gasteiger partial charge in [-0.25, -0.2) is 0 Å². The SMILES string of the molecule is N=C1C=C(Cl)C=C/C1=N/Nc1cccc(-c2ccc(CCC(=O)NCCO)cc2)c1O. The topological polar surface area (TPSA) is 118 Å². The van der Waals surface area contributed by atoms with Crippen molar-refractivity contribution < 1.29 is 15.0 Å². The zero-order chi connectivity index (χ0) is 22.2. The molecule has 0 fully saturated rings. The van der Waals surface area contributed by atoms with Crippen LogP contribution >= 0.6 is 11.6 Å². The van der Waals surface area contributed by atoms with Crippen LogP contribution in [0.3, 0.4) is 0 Å². The number of hydrazone groups is 1. The maximum atomic E-state index is 11.7. The molecule has 0 aliphatic heterocycles. The predicted octanol–water partition coefficient (Wildman–Crippen LogP) is 3.58. The normalized spacial score (nSPS) is 14.5. The number of carbonyl (C=O) groups is 1. The number of para-hydroxylation sites is 1. The summed E-state index contributed by atoms with van der Waals surface area (Å²) in [6.07, 6.45) is 5.69. The van der Waals surface area contributed by atoms with Gasteiger partial charge in [0, 0.05) is 23.6 Å². The summed E-state index contributed by atoms with van der Waals surface area (Å²) in [4.78, 5) is 11.7. The maximum Gasteiger partial charge on any atom is 0.220 e. The number of aromatic hydroxyl groups is 1. The number of phenolic OH excluding ortho intramolecular Hbond substituents is 1. The number of carbonyl (C=O) groups excluding carboxylic acids is 1. The standard InChI is InChI=1S/C23H23ClN4O3/c24-17-9-10-20(19(25)14-17)27-28-21-3-1-2-18(23(21)31)16-7-4-15(5-8-16)6-11-22(30)26-12-13-29/h1-5,7-10,14,25,28-29,31H,6,11-13H2,(H,26,30)/b25-19?,27-20-. The van der Waals surface area contributed by atoms with Crippen LogP contribution in [-0.2, 0) is 11.2 Å². The summed E-state index contributed by atoms with van der Waals surface area (Å²) < 4.78 is 0. The summed E-state index contributed by atoms with van der Waals surface area (Å²) in [5.74, 6) is -0.0577. The first-order chi connectivity index (χ1) is 15.0. The number of nitrogens with zero attached hydrogens (tertiary/aromatic N) is 1. The Morgan fingerprint density at radius 2 is 1.90 bits per heavy atom. The van der Waals surface area contributed by atoms with Crippen LogP contribution in [0.15, 0.2) is 70.8 Å². The van der Waals surface area contributed by atoms with Crippen molar-refractivity contribution in [3.63, 3.8) is 0 Å². The Morgan fingerprint density at radius 3 is 2.61 bits per heavy atom. The summed E-state index contributed by atoms with van der Waals surface area (Å²) in [5.41, 5.74) is 6.26. The summed E-state index contributed by atoms with van der Waals surface area (Å²) >= 11 is 5.86. The van der Waals surface area contributed by atoms with Crippen LogP contribution in [0.5, 0.6) is 5.75 Å². The largest absolute Gasteiger partial charge is 0.505 e. The molecular weight excluding hydrogens is 416 g/mol. The smallest absolute Gasteiger partial charge is 0.220 e. The third-order valence-electron chi connectivity index (χ3n) is 4.63. The lowest BCUT2D eigenvalue weighted by atomic mass is 10.0. The molecule has 1 aliphatic rings. The summed E-state index contributed by atoms with van der Waals surface area (Å²) in [6.45, 7) is 0.184. The number of anilines is 1. The third-order valence-corrected chi connectivity index (χ3v) is 4.87. The summed E-state index contributed by atoms with van der Waals surface area (Å²) in [6, 6.07) is 12.9. The van der Waals surface area contributed by atoms with Gasteiger partial charge in [-0.1, -0.05) is 48.0 Å². The molecule has 8 heteroatoms. The number of hydrogen-bond donors (Lipinski definition) is 5. The quantitative estimate of drug-likeness (QED) is 0.246. The van der Waals surface area contributed by atoms with Gasteiger partial charge in [0.15, 0.2) is 0 Å². The number of halogens is 1. The van der Waals surface area contributed by atoms with Gasteiger partial charge in [-0.2, -0.15) is 5.10 Å². The lowest BCUT2D eigenvalue weighted by molar-refractivity contribution is -0.121. The zero-order valence-corrected chi connectivity index (χ0v) is 17.5. The Kier molecular flexibility index (Phi) is 7.59. The van der Waals surface area contributed by atoms with Gasteiger partial charge < -0.3 is 15.5 Å². The molecule has 0 bridgehead atoms. The number of amides is 1. The van der Waals surface area contributed by atoms with Crippen LogP contribution in [0.25, 0.3) is 11.1 Å². The second kappa shape index (κ2) is 10.6. The number of allylic oxidation sites excluding steroid dienone is 4. The first-order valence-corrected chi connectivity index (χ1v) is 10.1. The van der Waals surface area contributed by atoms with E-state index >= 15 is 0 Å². The minimum Gasteiger partial charge on any atom is -0.505 e. The van der Waals surface area contributed by atoms with E-state index in [0.717, 1.165) is 11.1 Å². The first kappa shape index (κ1) is 22.3. The third kappa shape index (κ3) is 6.04. The molecule has 2 aromatic carbocycles. The molecule has 2 aromatic rings. The number of phenols is 1. The van der Waals surface area contributed by atoms with Crippen LogP contribution < -0.4 is 10.7 Å². The van der Waals surface area contributed by atoms with Gasteiger partial charge in [0.1, 0.15) is 11.5 Å². The fraction of sp³-hybridized carbons (Fsp3) is 0.174. The molecule has 5 N–H and O–H groups in total. The summed E-state index contributed by atoms with van der Waals surface area (Å²) in [5, 5.41) is 34.6. The molecule has 0 saturated heterocycles. The van der Waals surface area contributed by atoms with E-state index in [1.165, 1.54) is 6.08 Å². The Morgan fingerprint density at radius 1 is 1.13 bits per heavy atom. The second-order valence-corrected chi connectivity index (χ2v) is 7.29. The van der Waals surface area contributed by atoms with Crippen molar-refractivity contribution in [2.24, 2.45) is 5.10 Å². The van der Waals surface area contributed by atoms with E-state index in [1.807, 2.05) is 24.3 Å². The number of aliphatic hydroxyl groups excluding tert-OH is 1. The van der Waals surface area contributed by atoms with Crippen molar-refractivity contribution in [2.75, 3.05) is 18.6 Å². The second-order valence-electron chi connectivity index (χ2n) is 6.86. The van der Waals surface area contributed by atoms with Gasteiger partial charge >= 0.3 is 0 Å². The van der Waals surface area contributed by atoms with Crippen molar-refractivity contribution in [2.45, 2.75) is 12.8 Å². The first-order valence-electron chi connectivity index (χ1n) is 9.74. The predicted molar refractivity (Wildman–Crippen MR) is 124 cm³/mol. The van der Waals surface area contributed by atoms with Gasteiger partial charge in [0.25, 0.3) is 0 Å². The van der Waals surface area contributed by atoms with Crippen LogP contribution in [-0.4, -0.2) is 40.7 Å². The minimum absolute atomic E-state index is 0.0443. The van der Waals surface area contributed by atoms with Gasteiger partial charge in [-0.3, -0.25) is 15.6 Å². The molecule has 0 aromatic heterocycles. The van der Waals surface area contributed by atoms with Gasteiger partial charge in [-0.05, 0) is 41.8 Å². The van der Waals surface area contributed by atoms with Crippen LogP contribution in [0.4, 0.5) is 5.69 Å². The fourth-order valence-electron chi connectivity index (χ4n) is 2.99. The minimum atomic E-state index is -0.102. The van der Waals surface area contributed by atoms with Crippen LogP contribution in [0.1, 0.15) is 12.0 Å². The molecule has 0 unspecified atom stereocenters. The molecule has 7 nitrogen and oxygen atoms in total. The van der Waals surface area contributed by atoms with Crippen molar-refractivity contribution >= 4 is 34.6 Å². The van der Waals surface area contributed by atoms with Gasteiger partial charge in [-0.15, -0.1) is 0 Å². The number of aryl methyl sites for hydroxylation is 1. The average Bonchev–Trinajstić information content (AvgIpc) is 2.77. The van der Waals surface area contributed by atoms with Crippen molar-refractivity contribution in [1.82, 2.24) is 5.32 Å². The van der Waals surface area contributed by atoms with Crippen molar-refractivity contribution in [3.8, 4) is 16.9 Å². The molecule has 0 heterocycles. The Bertz CT molecular complexity index is 1060. The molecule has 1 amide bonds. The van der Waals surface area contributed by atoms with E-state index in [2.05, 4.69) is 15.8 Å².